The molecule has 0 aliphatic rings. The van der Waals surface area contributed by atoms with E-state index in [2.05, 4.69) is 5.10 Å². The van der Waals surface area contributed by atoms with Crippen LogP contribution in [0.2, 0.25) is 0 Å². The highest BCUT2D eigenvalue weighted by Gasteiger charge is 2.17. The van der Waals surface area contributed by atoms with Crippen LogP contribution in [0.5, 0.6) is 5.75 Å². The molecule has 1 heterocycles. The van der Waals surface area contributed by atoms with Gasteiger partial charge >= 0.3 is 5.97 Å². The number of halogens is 1. The second-order valence-electron chi connectivity index (χ2n) is 3.95. The van der Waals surface area contributed by atoms with Gasteiger partial charge in [0.1, 0.15) is 5.82 Å². The Kier molecular flexibility index (Phi) is 3.79. The smallest absolute Gasteiger partial charge is 0.344 e. The summed E-state index contributed by atoms with van der Waals surface area (Å²) in [5, 5.41) is 12.9. The standard InChI is InChI=1S/C13H13FN2O3/c1-2-12(13(17)18)19-11-7-15-16(8-11)10-5-3-4-9(14)6-10/h3-8,12H,2H2,1H3,(H,17,18). The molecule has 0 fully saturated rings. The molecular formula is C13H13FN2O3. The van der Waals surface area contributed by atoms with Crippen LogP contribution in [-0.2, 0) is 4.79 Å². The minimum absolute atomic E-state index is 0.332. The first kappa shape index (κ1) is 13.1. The third-order valence-corrected chi connectivity index (χ3v) is 2.56. The molecule has 0 saturated carbocycles. The van der Waals surface area contributed by atoms with Crippen molar-refractivity contribution in [1.82, 2.24) is 9.78 Å². The van der Waals surface area contributed by atoms with Gasteiger partial charge in [-0.2, -0.15) is 5.10 Å². The van der Waals surface area contributed by atoms with Crippen LogP contribution in [0.3, 0.4) is 0 Å². The lowest BCUT2D eigenvalue weighted by Gasteiger charge is -2.10. The number of rotatable bonds is 5. The summed E-state index contributed by atoms with van der Waals surface area (Å²) in [6.07, 6.45) is 2.35. The fraction of sp³-hybridized carbons (Fsp3) is 0.231. The lowest BCUT2D eigenvalue weighted by molar-refractivity contribution is -0.145. The minimum atomic E-state index is -1.03. The number of hydrogen-bond donors (Lipinski definition) is 1. The highest BCUT2D eigenvalue weighted by Crippen LogP contribution is 2.16. The summed E-state index contributed by atoms with van der Waals surface area (Å²) in [6.45, 7) is 1.72. The number of ether oxygens (including phenoxy) is 1. The van der Waals surface area contributed by atoms with E-state index < -0.39 is 12.1 Å². The SMILES string of the molecule is CCC(Oc1cnn(-c2cccc(F)c2)c1)C(=O)O. The molecule has 1 aromatic carbocycles. The van der Waals surface area contributed by atoms with Gasteiger partial charge in [-0.25, -0.2) is 13.9 Å². The number of hydrogen-bond acceptors (Lipinski definition) is 3. The van der Waals surface area contributed by atoms with Crippen molar-refractivity contribution in [2.45, 2.75) is 19.4 Å². The Hall–Kier alpha value is -2.37. The van der Waals surface area contributed by atoms with Crippen LogP contribution in [0.25, 0.3) is 5.69 Å². The van der Waals surface area contributed by atoms with Gasteiger partial charge in [0.05, 0.1) is 18.1 Å². The summed E-state index contributed by atoms with van der Waals surface area (Å²) in [6, 6.07) is 5.92. The fourth-order valence-electron chi connectivity index (χ4n) is 1.60. The van der Waals surface area contributed by atoms with Gasteiger partial charge in [0, 0.05) is 0 Å². The number of carbonyl (C=O) groups is 1. The molecule has 0 aliphatic heterocycles. The van der Waals surface area contributed by atoms with E-state index in [0.717, 1.165) is 0 Å². The van der Waals surface area contributed by atoms with Crippen LogP contribution < -0.4 is 4.74 Å². The predicted octanol–water partition coefficient (Wildman–Crippen LogP) is 2.25. The van der Waals surface area contributed by atoms with Crippen molar-refractivity contribution in [3.05, 3.63) is 42.5 Å². The van der Waals surface area contributed by atoms with Gasteiger partial charge < -0.3 is 9.84 Å². The molecule has 100 valence electrons. The largest absolute Gasteiger partial charge is 0.479 e. The highest BCUT2D eigenvalue weighted by atomic mass is 19.1. The Bertz CT molecular complexity index is 583. The Morgan fingerprint density at radius 1 is 1.58 bits per heavy atom. The topological polar surface area (TPSA) is 64.4 Å². The molecule has 1 aromatic heterocycles. The minimum Gasteiger partial charge on any atom is -0.479 e. The Labute approximate surface area is 109 Å². The van der Waals surface area contributed by atoms with E-state index in [1.54, 1.807) is 19.1 Å². The molecule has 0 spiro atoms. The summed E-state index contributed by atoms with van der Waals surface area (Å²) in [5.74, 6) is -1.06. The van der Waals surface area contributed by atoms with Crippen molar-refractivity contribution in [2.24, 2.45) is 0 Å². The molecule has 19 heavy (non-hydrogen) atoms. The maximum absolute atomic E-state index is 13.1. The van der Waals surface area contributed by atoms with E-state index in [1.165, 1.54) is 29.2 Å². The maximum Gasteiger partial charge on any atom is 0.344 e. The molecule has 0 amide bonds. The van der Waals surface area contributed by atoms with Crippen molar-refractivity contribution >= 4 is 5.97 Å². The summed E-state index contributed by atoms with van der Waals surface area (Å²) in [7, 11) is 0. The Balaban J connectivity index is 2.17. The number of carboxylic acid groups (broad SMARTS) is 1. The molecule has 1 unspecified atom stereocenters. The monoisotopic (exact) mass is 264 g/mol. The maximum atomic E-state index is 13.1. The van der Waals surface area contributed by atoms with E-state index in [1.807, 2.05) is 0 Å². The van der Waals surface area contributed by atoms with Crippen molar-refractivity contribution < 1.29 is 19.0 Å². The van der Waals surface area contributed by atoms with E-state index >= 15 is 0 Å². The lowest BCUT2D eigenvalue weighted by atomic mass is 10.3. The number of aliphatic carboxylic acids is 1. The third kappa shape index (κ3) is 3.09. The molecule has 5 nitrogen and oxygen atoms in total. The molecule has 1 atom stereocenters. The van der Waals surface area contributed by atoms with Crippen molar-refractivity contribution in [1.29, 1.82) is 0 Å². The number of benzene rings is 1. The van der Waals surface area contributed by atoms with Crippen LogP contribution in [0.4, 0.5) is 4.39 Å². The van der Waals surface area contributed by atoms with Gasteiger partial charge in [-0.3, -0.25) is 0 Å². The van der Waals surface area contributed by atoms with E-state index in [9.17, 15) is 9.18 Å². The Morgan fingerprint density at radius 3 is 3.00 bits per heavy atom. The molecule has 2 aromatic rings. The molecule has 0 saturated heterocycles. The summed E-state index contributed by atoms with van der Waals surface area (Å²) in [5.41, 5.74) is 0.540. The van der Waals surface area contributed by atoms with Crippen molar-refractivity contribution in [3.63, 3.8) is 0 Å². The number of aromatic nitrogens is 2. The van der Waals surface area contributed by atoms with Crippen LogP contribution in [-0.4, -0.2) is 27.0 Å². The second-order valence-corrected chi connectivity index (χ2v) is 3.95. The molecule has 1 N–H and O–H groups in total. The van der Waals surface area contributed by atoms with Crippen LogP contribution >= 0.6 is 0 Å². The first-order valence-corrected chi connectivity index (χ1v) is 5.80. The summed E-state index contributed by atoms with van der Waals surface area (Å²) < 4.78 is 19.8. The predicted molar refractivity (Wildman–Crippen MR) is 65.9 cm³/mol. The quantitative estimate of drug-likeness (QED) is 0.899. The first-order chi connectivity index (χ1) is 9.10. The van der Waals surface area contributed by atoms with Gasteiger partial charge in [0.25, 0.3) is 0 Å². The lowest BCUT2D eigenvalue weighted by Crippen LogP contribution is -2.25. The average Bonchev–Trinajstić information content (AvgIpc) is 2.84. The Morgan fingerprint density at radius 2 is 2.37 bits per heavy atom. The molecule has 0 bridgehead atoms. The molecule has 0 radical (unpaired) electrons. The normalized spacial score (nSPS) is 12.1. The molecule has 6 heteroatoms. The zero-order valence-corrected chi connectivity index (χ0v) is 10.3. The molecule has 2 rings (SSSR count). The van der Waals surface area contributed by atoms with Gasteiger partial charge in [0.2, 0.25) is 0 Å². The van der Waals surface area contributed by atoms with Gasteiger partial charge in [-0.05, 0) is 24.6 Å². The zero-order chi connectivity index (χ0) is 13.8. The second kappa shape index (κ2) is 5.51. The number of nitrogens with zero attached hydrogens (tertiary/aromatic N) is 2. The van der Waals surface area contributed by atoms with E-state index in [-0.39, 0.29) is 5.82 Å². The van der Waals surface area contributed by atoms with Crippen molar-refractivity contribution in [2.75, 3.05) is 0 Å². The van der Waals surface area contributed by atoms with Gasteiger partial charge in [-0.15, -0.1) is 0 Å². The van der Waals surface area contributed by atoms with Crippen LogP contribution in [0, 0.1) is 5.82 Å². The van der Waals surface area contributed by atoms with E-state index in [4.69, 9.17) is 9.84 Å². The van der Waals surface area contributed by atoms with Crippen LogP contribution in [0.15, 0.2) is 36.7 Å². The third-order valence-electron chi connectivity index (χ3n) is 2.56. The summed E-state index contributed by atoms with van der Waals surface area (Å²) in [4.78, 5) is 10.9. The van der Waals surface area contributed by atoms with Gasteiger partial charge in [-0.1, -0.05) is 13.0 Å². The highest BCUT2D eigenvalue weighted by molar-refractivity contribution is 5.72. The number of carboxylic acids is 1. The average molecular weight is 264 g/mol. The van der Waals surface area contributed by atoms with Crippen LogP contribution in [0.1, 0.15) is 13.3 Å². The van der Waals surface area contributed by atoms with Gasteiger partial charge in [0.15, 0.2) is 11.9 Å². The molecular weight excluding hydrogens is 251 g/mol. The molecule has 0 aliphatic carbocycles. The van der Waals surface area contributed by atoms with E-state index in [0.29, 0.717) is 17.9 Å². The zero-order valence-electron chi connectivity index (χ0n) is 10.3. The van der Waals surface area contributed by atoms with Crippen molar-refractivity contribution in [3.8, 4) is 11.4 Å². The first-order valence-electron chi connectivity index (χ1n) is 5.80. The summed E-state index contributed by atoms with van der Waals surface area (Å²) >= 11 is 0. The fourth-order valence-corrected chi connectivity index (χ4v) is 1.60.